The molecule has 0 aromatic carbocycles. The lowest BCUT2D eigenvalue weighted by molar-refractivity contribution is -0.390. The molecule has 0 bridgehead atoms. The van der Waals surface area contributed by atoms with Gasteiger partial charge in [0, 0.05) is 19.8 Å². The molecular weight excluding hydrogens is 236 g/mol. The summed E-state index contributed by atoms with van der Waals surface area (Å²) in [6, 6.07) is 3.18. The number of Topliss-reactive ketones (excluding diaryl/α,β-unsaturated/α-hetero) is 1. The first kappa shape index (κ1) is 14.1. The van der Waals surface area contributed by atoms with Gasteiger partial charge in [-0.25, -0.2) is 0 Å². The molecule has 0 fully saturated rings. The van der Waals surface area contributed by atoms with E-state index in [4.69, 9.17) is 4.74 Å². The van der Waals surface area contributed by atoms with Gasteiger partial charge in [-0.1, -0.05) is 6.92 Å². The summed E-state index contributed by atoms with van der Waals surface area (Å²) in [6.07, 6.45) is 1.49. The van der Waals surface area contributed by atoms with Gasteiger partial charge in [0.15, 0.2) is 0 Å². The smallest absolute Gasteiger partial charge is 0.406 e. The molecule has 1 heterocycles. The van der Waals surface area contributed by atoms with Crippen LogP contribution in [0.4, 0.5) is 5.82 Å². The molecule has 0 aliphatic heterocycles. The quantitative estimate of drug-likeness (QED) is 0.423. The summed E-state index contributed by atoms with van der Waals surface area (Å²) in [5, 5.41) is 10.8. The van der Waals surface area contributed by atoms with Crippen LogP contribution in [0.2, 0.25) is 0 Å². The zero-order chi connectivity index (χ0) is 13.5. The zero-order valence-electron chi connectivity index (χ0n) is 10.5. The van der Waals surface area contributed by atoms with E-state index in [9.17, 15) is 14.9 Å². The second-order valence-corrected chi connectivity index (χ2v) is 3.88. The van der Waals surface area contributed by atoms with E-state index in [0.717, 1.165) is 0 Å². The highest BCUT2D eigenvalue weighted by Gasteiger charge is 2.17. The van der Waals surface area contributed by atoms with Gasteiger partial charge in [0.05, 0.1) is 6.61 Å². The lowest BCUT2D eigenvalue weighted by Crippen LogP contribution is -2.05. The maximum atomic E-state index is 11.1. The molecule has 0 spiro atoms. The van der Waals surface area contributed by atoms with Crippen LogP contribution in [0.25, 0.3) is 0 Å². The average Bonchev–Trinajstić information content (AvgIpc) is 2.35. The molecule has 6 nitrogen and oxygen atoms in total. The summed E-state index contributed by atoms with van der Waals surface area (Å²) in [5.41, 5.74) is 0.565. The van der Waals surface area contributed by atoms with Crippen LogP contribution < -0.4 is 4.74 Å². The predicted molar refractivity (Wildman–Crippen MR) is 65.7 cm³/mol. The van der Waals surface area contributed by atoms with Gasteiger partial charge < -0.3 is 14.9 Å². The van der Waals surface area contributed by atoms with Crippen LogP contribution in [0.5, 0.6) is 5.75 Å². The Bertz CT molecular complexity index is 446. The van der Waals surface area contributed by atoms with Crippen molar-refractivity contribution in [3.63, 3.8) is 0 Å². The molecule has 0 unspecified atom stereocenters. The molecule has 0 saturated carbocycles. The lowest BCUT2D eigenvalue weighted by atomic mass is 10.2. The van der Waals surface area contributed by atoms with Crippen LogP contribution in [-0.2, 0) is 4.79 Å². The van der Waals surface area contributed by atoms with Gasteiger partial charge in [-0.05, 0) is 28.5 Å². The lowest BCUT2D eigenvalue weighted by Gasteiger charge is -2.05. The number of ether oxygens (including phenoxy) is 1. The monoisotopic (exact) mass is 252 g/mol. The summed E-state index contributed by atoms with van der Waals surface area (Å²) < 4.78 is 5.29. The van der Waals surface area contributed by atoms with E-state index in [0.29, 0.717) is 25.0 Å². The summed E-state index contributed by atoms with van der Waals surface area (Å²) in [6.45, 7) is 3.76. The van der Waals surface area contributed by atoms with Crippen LogP contribution in [0, 0.1) is 17.0 Å². The third kappa shape index (κ3) is 4.12. The van der Waals surface area contributed by atoms with Gasteiger partial charge in [-0.2, -0.15) is 0 Å². The molecule has 1 rings (SSSR count). The molecule has 0 aliphatic carbocycles. The van der Waals surface area contributed by atoms with Crippen LogP contribution in [0.3, 0.4) is 0 Å². The second-order valence-electron chi connectivity index (χ2n) is 3.88. The highest BCUT2D eigenvalue weighted by Crippen LogP contribution is 2.24. The summed E-state index contributed by atoms with van der Waals surface area (Å²) in [7, 11) is 0. The first-order chi connectivity index (χ1) is 8.54. The maximum Gasteiger partial charge on any atom is 0.406 e. The third-order valence-corrected chi connectivity index (χ3v) is 2.40. The van der Waals surface area contributed by atoms with Crippen LogP contribution in [0.15, 0.2) is 12.1 Å². The molecule has 1 aromatic rings. The van der Waals surface area contributed by atoms with Crippen molar-refractivity contribution in [1.29, 1.82) is 0 Å². The molecule has 0 saturated heterocycles. The van der Waals surface area contributed by atoms with Gasteiger partial charge in [-0.3, -0.25) is 4.79 Å². The largest absolute Gasteiger partial charge is 0.486 e. The fourth-order valence-corrected chi connectivity index (χ4v) is 1.40. The highest BCUT2D eigenvalue weighted by molar-refractivity contribution is 5.77. The Kier molecular flexibility index (Phi) is 5.23. The number of carbonyl (C=O) groups excluding carboxylic acids is 1. The number of nitro groups is 1. The fraction of sp³-hybridized carbons (Fsp3) is 0.500. The Balaban J connectivity index is 2.56. The van der Waals surface area contributed by atoms with Crippen molar-refractivity contribution >= 4 is 11.6 Å². The fourth-order valence-electron chi connectivity index (χ4n) is 1.40. The molecule has 0 radical (unpaired) electrons. The summed E-state index contributed by atoms with van der Waals surface area (Å²) in [5.74, 6) is 0.0292. The topological polar surface area (TPSA) is 82.3 Å². The van der Waals surface area contributed by atoms with E-state index in [2.05, 4.69) is 4.98 Å². The number of nitrogens with zero attached hydrogens (tertiary/aromatic N) is 2. The maximum absolute atomic E-state index is 11.1. The molecule has 6 heteroatoms. The Labute approximate surface area is 105 Å². The van der Waals surface area contributed by atoms with Crippen molar-refractivity contribution in [2.75, 3.05) is 6.61 Å². The van der Waals surface area contributed by atoms with Gasteiger partial charge in [0.1, 0.15) is 11.5 Å². The van der Waals surface area contributed by atoms with E-state index >= 15 is 0 Å². The number of hydrogen-bond acceptors (Lipinski definition) is 5. The number of aromatic nitrogens is 1. The number of ketones is 1. The number of aryl methyl sites for hydroxylation is 1. The average molecular weight is 252 g/mol. The SMILES string of the molecule is CCC(=O)CCCOc1ccc(C)nc1[N+](=O)[O-]. The van der Waals surface area contributed by atoms with Crippen molar-refractivity contribution in [3.8, 4) is 5.75 Å². The van der Waals surface area contributed by atoms with E-state index in [1.165, 1.54) is 6.07 Å². The number of hydrogen-bond donors (Lipinski definition) is 0. The summed E-state index contributed by atoms with van der Waals surface area (Å²) >= 11 is 0. The molecular formula is C12H16N2O4. The summed E-state index contributed by atoms with van der Waals surface area (Å²) in [4.78, 5) is 25.1. The number of rotatable bonds is 7. The minimum absolute atomic E-state index is 0.148. The van der Waals surface area contributed by atoms with Crippen molar-refractivity contribution in [2.45, 2.75) is 33.1 Å². The minimum Gasteiger partial charge on any atom is -0.486 e. The normalized spacial score (nSPS) is 10.1. The van der Waals surface area contributed by atoms with Crippen molar-refractivity contribution < 1.29 is 14.5 Å². The van der Waals surface area contributed by atoms with Crippen LogP contribution in [-0.4, -0.2) is 22.3 Å². The Morgan fingerprint density at radius 1 is 1.50 bits per heavy atom. The van der Waals surface area contributed by atoms with Crippen molar-refractivity contribution in [2.24, 2.45) is 0 Å². The highest BCUT2D eigenvalue weighted by atomic mass is 16.6. The van der Waals surface area contributed by atoms with E-state index < -0.39 is 4.92 Å². The van der Waals surface area contributed by atoms with Gasteiger partial charge in [-0.15, -0.1) is 0 Å². The predicted octanol–water partition coefficient (Wildman–Crippen LogP) is 2.44. The first-order valence-corrected chi connectivity index (χ1v) is 5.81. The zero-order valence-corrected chi connectivity index (χ0v) is 10.5. The minimum atomic E-state index is -0.570. The second kappa shape index (κ2) is 6.68. The van der Waals surface area contributed by atoms with E-state index in [1.807, 2.05) is 0 Å². The molecule has 0 aliphatic rings. The van der Waals surface area contributed by atoms with E-state index in [-0.39, 0.29) is 24.0 Å². The third-order valence-electron chi connectivity index (χ3n) is 2.40. The first-order valence-electron chi connectivity index (χ1n) is 5.81. The Hall–Kier alpha value is -1.98. The molecule has 0 atom stereocenters. The van der Waals surface area contributed by atoms with Crippen LogP contribution >= 0.6 is 0 Å². The number of carbonyl (C=O) groups is 1. The van der Waals surface area contributed by atoms with Gasteiger partial charge >= 0.3 is 5.82 Å². The Morgan fingerprint density at radius 3 is 2.83 bits per heavy atom. The molecule has 18 heavy (non-hydrogen) atoms. The molecule has 0 N–H and O–H groups in total. The Morgan fingerprint density at radius 2 is 2.22 bits per heavy atom. The van der Waals surface area contributed by atoms with E-state index in [1.54, 1.807) is 19.9 Å². The van der Waals surface area contributed by atoms with Crippen LogP contribution in [0.1, 0.15) is 31.9 Å². The molecule has 1 aromatic heterocycles. The number of pyridine rings is 1. The molecule has 0 amide bonds. The van der Waals surface area contributed by atoms with Gasteiger partial charge in [0.2, 0.25) is 5.75 Å². The molecule has 98 valence electrons. The van der Waals surface area contributed by atoms with Crippen molar-refractivity contribution in [1.82, 2.24) is 4.98 Å². The van der Waals surface area contributed by atoms with Gasteiger partial charge in [0.25, 0.3) is 0 Å². The van der Waals surface area contributed by atoms with Crippen molar-refractivity contribution in [3.05, 3.63) is 27.9 Å². The standard InChI is InChI=1S/C12H16N2O4/c1-3-10(15)5-4-8-18-11-7-6-9(2)13-12(11)14(16)17/h6-7H,3-5,8H2,1-2H3.